The van der Waals surface area contributed by atoms with Gasteiger partial charge in [-0.25, -0.2) is 18.4 Å². The number of aromatic nitrogens is 2. The van der Waals surface area contributed by atoms with E-state index < -0.39 is 9.84 Å². The summed E-state index contributed by atoms with van der Waals surface area (Å²) in [6.07, 6.45) is 6.25. The van der Waals surface area contributed by atoms with Crippen LogP contribution in [0.4, 0.5) is 5.82 Å². The highest BCUT2D eigenvalue weighted by atomic mass is 32.2. The molecule has 138 valence electrons. The monoisotopic (exact) mass is 380 g/mol. The van der Waals surface area contributed by atoms with Crippen LogP contribution in [0.15, 0.2) is 65.7 Å². The van der Waals surface area contributed by atoms with Gasteiger partial charge < -0.3 is 10.3 Å². The summed E-state index contributed by atoms with van der Waals surface area (Å²) in [5.74, 6) is 0.207. The number of hydroxylamine groups is 1. The molecule has 0 saturated carbocycles. The molecule has 7 heteroatoms. The van der Waals surface area contributed by atoms with Crippen LogP contribution >= 0.6 is 0 Å². The van der Waals surface area contributed by atoms with Crippen LogP contribution in [-0.2, 0) is 9.84 Å². The van der Waals surface area contributed by atoms with Gasteiger partial charge in [0.25, 0.3) is 0 Å². The zero-order valence-electron chi connectivity index (χ0n) is 14.9. The average molecular weight is 380 g/mol. The van der Waals surface area contributed by atoms with Gasteiger partial charge in [0.05, 0.1) is 16.8 Å². The van der Waals surface area contributed by atoms with E-state index in [1.165, 1.54) is 25.4 Å². The molecule has 0 N–H and O–H groups in total. The number of hydrogen-bond acceptors (Lipinski definition) is 6. The van der Waals surface area contributed by atoms with Gasteiger partial charge in [-0.1, -0.05) is 48.5 Å². The van der Waals surface area contributed by atoms with E-state index in [0.717, 1.165) is 11.8 Å². The maximum Gasteiger partial charge on any atom is 0.175 e. The third-order valence-corrected chi connectivity index (χ3v) is 5.02. The number of hydrogen-bond donors (Lipinski definition) is 0. The molecule has 0 bridgehead atoms. The first-order valence-corrected chi connectivity index (χ1v) is 10.1. The molecule has 1 aromatic heterocycles. The van der Waals surface area contributed by atoms with Crippen LogP contribution < -0.4 is 5.06 Å². The van der Waals surface area contributed by atoms with Crippen molar-refractivity contribution in [1.29, 1.82) is 0 Å². The molecule has 2 aromatic carbocycles. The SMILES string of the molecule is CN([O-])c1ncc(-c2ccc(S(C)(=O)=O)cc2)nc1/C=C/c1ccccc1. The molecule has 0 saturated heterocycles. The molecule has 0 amide bonds. The molecule has 0 aliphatic rings. The van der Waals surface area contributed by atoms with Crippen LogP contribution in [-0.4, -0.2) is 31.7 Å². The van der Waals surface area contributed by atoms with E-state index in [9.17, 15) is 13.6 Å². The summed E-state index contributed by atoms with van der Waals surface area (Å²) >= 11 is 0. The van der Waals surface area contributed by atoms with E-state index in [0.29, 0.717) is 22.0 Å². The maximum absolute atomic E-state index is 11.8. The van der Waals surface area contributed by atoms with E-state index in [-0.39, 0.29) is 10.7 Å². The summed E-state index contributed by atoms with van der Waals surface area (Å²) in [5.41, 5.74) is 2.67. The Morgan fingerprint density at radius 1 is 1.00 bits per heavy atom. The third-order valence-electron chi connectivity index (χ3n) is 3.89. The molecule has 0 unspecified atom stereocenters. The quantitative estimate of drug-likeness (QED) is 0.628. The van der Waals surface area contributed by atoms with E-state index in [1.807, 2.05) is 36.4 Å². The van der Waals surface area contributed by atoms with Crippen molar-refractivity contribution in [3.8, 4) is 11.3 Å². The van der Waals surface area contributed by atoms with Crippen LogP contribution in [0.5, 0.6) is 0 Å². The highest BCUT2D eigenvalue weighted by Gasteiger charge is 2.10. The molecule has 3 aromatic rings. The van der Waals surface area contributed by atoms with E-state index >= 15 is 0 Å². The molecule has 3 rings (SSSR count). The zero-order chi connectivity index (χ0) is 19.4. The summed E-state index contributed by atoms with van der Waals surface area (Å²) in [6.45, 7) is 0. The Morgan fingerprint density at radius 2 is 1.67 bits per heavy atom. The van der Waals surface area contributed by atoms with E-state index in [2.05, 4.69) is 9.97 Å². The number of nitrogens with zero attached hydrogens (tertiary/aromatic N) is 3. The first kappa shape index (κ1) is 18.8. The van der Waals surface area contributed by atoms with Gasteiger partial charge in [0.2, 0.25) is 0 Å². The minimum absolute atomic E-state index is 0.207. The van der Waals surface area contributed by atoms with E-state index in [1.54, 1.807) is 18.2 Å². The molecule has 0 aliphatic carbocycles. The lowest BCUT2D eigenvalue weighted by molar-refractivity contribution is 0.602. The summed E-state index contributed by atoms with van der Waals surface area (Å²) in [5, 5.41) is 12.5. The summed E-state index contributed by atoms with van der Waals surface area (Å²) in [4.78, 5) is 8.99. The van der Waals surface area contributed by atoms with Crippen molar-refractivity contribution in [1.82, 2.24) is 9.97 Å². The molecule has 0 aliphatic heterocycles. The highest BCUT2D eigenvalue weighted by molar-refractivity contribution is 7.90. The summed E-state index contributed by atoms with van der Waals surface area (Å²) < 4.78 is 23.2. The highest BCUT2D eigenvalue weighted by Crippen LogP contribution is 2.24. The van der Waals surface area contributed by atoms with Gasteiger partial charge in [0, 0.05) is 11.8 Å². The molecule has 0 radical (unpaired) electrons. The van der Waals surface area contributed by atoms with Gasteiger partial charge in [-0.05, 0) is 30.8 Å². The lowest BCUT2D eigenvalue weighted by Crippen LogP contribution is -2.11. The van der Waals surface area contributed by atoms with Gasteiger partial charge >= 0.3 is 0 Å². The predicted molar refractivity (Wildman–Crippen MR) is 108 cm³/mol. The van der Waals surface area contributed by atoms with Crippen molar-refractivity contribution in [3.63, 3.8) is 0 Å². The topological polar surface area (TPSA) is 86.2 Å². The van der Waals surface area contributed by atoms with Crippen molar-refractivity contribution in [2.45, 2.75) is 4.90 Å². The van der Waals surface area contributed by atoms with Gasteiger partial charge in [0.1, 0.15) is 11.5 Å². The Balaban J connectivity index is 1.99. The lowest BCUT2D eigenvalue weighted by atomic mass is 10.1. The smallest absolute Gasteiger partial charge is 0.175 e. The zero-order valence-corrected chi connectivity index (χ0v) is 15.7. The first-order valence-electron chi connectivity index (χ1n) is 8.16. The molecule has 1 heterocycles. The summed E-state index contributed by atoms with van der Waals surface area (Å²) in [7, 11) is -1.90. The van der Waals surface area contributed by atoms with Gasteiger partial charge in [-0.3, -0.25) is 0 Å². The van der Waals surface area contributed by atoms with Crippen LogP contribution in [0.3, 0.4) is 0 Å². The Bertz CT molecular complexity index is 1060. The molecular weight excluding hydrogens is 362 g/mol. The molecule has 0 fully saturated rings. The van der Waals surface area contributed by atoms with Crippen molar-refractivity contribution in [2.24, 2.45) is 0 Å². The van der Waals surface area contributed by atoms with Crippen LogP contribution in [0.2, 0.25) is 0 Å². The fourth-order valence-electron chi connectivity index (χ4n) is 2.50. The number of anilines is 1. The molecule has 0 atom stereocenters. The Morgan fingerprint density at radius 3 is 2.26 bits per heavy atom. The Hall–Kier alpha value is -3.03. The van der Waals surface area contributed by atoms with Crippen LogP contribution in [0.25, 0.3) is 23.4 Å². The maximum atomic E-state index is 11.8. The van der Waals surface area contributed by atoms with Gasteiger partial charge in [0.15, 0.2) is 9.84 Å². The normalized spacial score (nSPS) is 11.7. The second-order valence-corrected chi connectivity index (χ2v) is 8.02. The minimum Gasteiger partial charge on any atom is -0.757 e. The van der Waals surface area contributed by atoms with Crippen molar-refractivity contribution >= 4 is 27.8 Å². The molecule has 6 nitrogen and oxygen atoms in total. The second kappa shape index (κ2) is 7.69. The Labute approximate surface area is 158 Å². The van der Waals surface area contributed by atoms with Crippen molar-refractivity contribution in [2.75, 3.05) is 18.4 Å². The molecule has 0 spiro atoms. The van der Waals surface area contributed by atoms with Crippen molar-refractivity contribution < 1.29 is 8.42 Å². The first-order chi connectivity index (χ1) is 12.8. The number of benzene rings is 2. The molecule has 27 heavy (non-hydrogen) atoms. The second-order valence-electron chi connectivity index (χ2n) is 6.00. The van der Waals surface area contributed by atoms with Gasteiger partial charge in [-0.15, -0.1) is 0 Å². The lowest BCUT2D eigenvalue weighted by Gasteiger charge is -2.24. The van der Waals surface area contributed by atoms with E-state index in [4.69, 9.17) is 0 Å². The average Bonchev–Trinajstić information content (AvgIpc) is 2.66. The minimum atomic E-state index is -3.26. The third kappa shape index (κ3) is 4.58. The van der Waals surface area contributed by atoms with Crippen LogP contribution in [0, 0.1) is 5.21 Å². The Kier molecular flexibility index (Phi) is 5.34. The van der Waals surface area contributed by atoms with Crippen molar-refractivity contribution in [3.05, 3.63) is 77.3 Å². The van der Waals surface area contributed by atoms with Crippen LogP contribution in [0.1, 0.15) is 11.3 Å². The number of sulfone groups is 1. The standard InChI is InChI=1S/C20H18N3O3S/c1-23(24)20-18(13-8-15-6-4-3-5-7-15)22-19(14-21-20)16-9-11-17(12-10-16)27(2,25)26/h3-14H,1-2H3/q-1/b13-8+. The number of rotatable bonds is 5. The summed E-state index contributed by atoms with van der Waals surface area (Å²) in [6, 6.07) is 16.1. The fourth-order valence-corrected chi connectivity index (χ4v) is 3.13. The predicted octanol–water partition coefficient (Wildman–Crippen LogP) is 3.65. The molecular formula is C20H18N3O3S-. The van der Waals surface area contributed by atoms with Gasteiger partial charge in [-0.2, -0.15) is 0 Å². The largest absolute Gasteiger partial charge is 0.757 e. The fraction of sp³-hybridized carbons (Fsp3) is 0.100.